The largest absolute Gasteiger partial charge is 0.322 e. The van der Waals surface area contributed by atoms with Gasteiger partial charge in [0, 0.05) is 10.2 Å². The number of fused-ring (bicyclic) bond motifs is 1. The van der Waals surface area contributed by atoms with Crippen LogP contribution < -0.4 is 5.32 Å². The van der Waals surface area contributed by atoms with Gasteiger partial charge in [-0.15, -0.1) is 0 Å². The highest BCUT2D eigenvalue weighted by molar-refractivity contribution is 9.10. The fraction of sp³-hybridized carbons (Fsp3) is 0.278. The molecule has 108 valence electrons. The molecule has 1 N–H and O–H groups in total. The number of anilines is 1. The number of hydrogen-bond acceptors (Lipinski definition) is 1. The predicted octanol–water partition coefficient (Wildman–Crippen LogP) is 4.89. The second-order valence-corrected chi connectivity index (χ2v) is 6.44. The van der Waals surface area contributed by atoms with Gasteiger partial charge < -0.3 is 5.32 Å². The van der Waals surface area contributed by atoms with Crippen LogP contribution in [0.2, 0.25) is 0 Å². The van der Waals surface area contributed by atoms with Crippen LogP contribution in [0.25, 0.3) is 0 Å². The van der Waals surface area contributed by atoms with Gasteiger partial charge in [-0.25, -0.2) is 0 Å². The van der Waals surface area contributed by atoms with E-state index in [1.807, 2.05) is 37.3 Å². The van der Waals surface area contributed by atoms with Gasteiger partial charge >= 0.3 is 0 Å². The maximum atomic E-state index is 12.5. The van der Waals surface area contributed by atoms with Gasteiger partial charge in [0.15, 0.2) is 0 Å². The highest BCUT2D eigenvalue weighted by atomic mass is 79.9. The van der Waals surface area contributed by atoms with Crippen LogP contribution in [0.3, 0.4) is 0 Å². The van der Waals surface area contributed by atoms with Gasteiger partial charge in [-0.05, 0) is 83.4 Å². The molecule has 2 aromatic carbocycles. The van der Waals surface area contributed by atoms with E-state index in [9.17, 15) is 4.79 Å². The van der Waals surface area contributed by atoms with Crippen LogP contribution in [0.1, 0.15) is 39.9 Å². The highest BCUT2D eigenvalue weighted by Crippen LogP contribution is 2.28. The first-order valence-corrected chi connectivity index (χ1v) is 8.13. The average Bonchev–Trinajstić information content (AvgIpc) is 2.47. The fourth-order valence-electron chi connectivity index (χ4n) is 2.89. The molecule has 0 saturated carbocycles. The summed E-state index contributed by atoms with van der Waals surface area (Å²) in [4.78, 5) is 12.5. The lowest BCUT2D eigenvalue weighted by Crippen LogP contribution is -2.16. The van der Waals surface area contributed by atoms with Gasteiger partial charge in [-0.2, -0.15) is 0 Å². The smallest absolute Gasteiger partial charge is 0.256 e. The van der Waals surface area contributed by atoms with Crippen molar-refractivity contribution in [2.75, 3.05) is 5.32 Å². The standard InChI is InChI=1S/C18H18BrNO/c1-12-9-10-15(16(19)11-12)18(21)20-17-8-4-6-13-5-2-3-7-14(13)17/h4,6,8-11H,2-3,5,7H2,1H3,(H,20,21). The van der Waals surface area contributed by atoms with Crippen LogP contribution in [-0.2, 0) is 12.8 Å². The second-order valence-electron chi connectivity index (χ2n) is 5.59. The van der Waals surface area contributed by atoms with E-state index in [-0.39, 0.29) is 5.91 Å². The Kier molecular flexibility index (Phi) is 4.11. The molecule has 3 heteroatoms. The summed E-state index contributed by atoms with van der Waals surface area (Å²) >= 11 is 3.48. The summed E-state index contributed by atoms with van der Waals surface area (Å²) in [6.45, 7) is 2.01. The monoisotopic (exact) mass is 343 g/mol. The molecule has 2 aromatic rings. The zero-order valence-corrected chi connectivity index (χ0v) is 13.7. The molecule has 0 aromatic heterocycles. The molecule has 2 nitrogen and oxygen atoms in total. The Bertz CT molecular complexity index is 694. The van der Waals surface area contributed by atoms with E-state index in [1.54, 1.807) is 0 Å². The van der Waals surface area contributed by atoms with Crippen molar-refractivity contribution in [2.24, 2.45) is 0 Å². The SMILES string of the molecule is Cc1ccc(C(=O)Nc2cccc3c2CCCC3)c(Br)c1. The minimum absolute atomic E-state index is 0.0548. The Hall–Kier alpha value is -1.61. The molecule has 3 rings (SSSR count). The van der Waals surface area contributed by atoms with E-state index in [0.717, 1.165) is 28.6 Å². The number of carbonyl (C=O) groups excluding carboxylic acids is 1. The quantitative estimate of drug-likeness (QED) is 0.826. The summed E-state index contributed by atoms with van der Waals surface area (Å²) in [6.07, 6.45) is 4.62. The maximum Gasteiger partial charge on any atom is 0.256 e. The first kappa shape index (κ1) is 14.3. The van der Waals surface area contributed by atoms with Crippen molar-refractivity contribution in [3.8, 4) is 0 Å². The number of hydrogen-bond donors (Lipinski definition) is 1. The van der Waals surface area contributed by atoms with Crippen molar-refractivity contribution in [3.63, 3.8) is 0 Å². The molecule has 0 aliphatic heterocycles. The first-order chi connectivity index (χ1) is 10.1. The van der Waals surface area contributed by atoms with Crippen molar-refractivity contribution in [1.82, 2.24) is 0 Å². The molecule has 0 bridgehead atoms. The third-order valence-corrected chi connectivity index (χ3v) is 4.67. The average molecular weight is 344 g/mol. The molecule has 1 aliphatic rings. The number of aryl methyl sites for hydroxylation is 2. The molecule has 0 saturated heterocycles. The predicted molar refractivity (Wildman–Crippen MR) is 89.9 cm³/mol. The van der Waals surface area contributed by atoms with Gasteiger partial charge in [0.2, 0.25) is 0 Å². The van der Waals surface area contributed by atoms with Gasteiger partial charge in [0.1, 0.15) is 0 Å². The van der Waals surface area contributed by atoms with Crippen LogP contribution in [0, 0.1) is 6.92 Å². The van der Waals surface area contributed by atoms with Gasteiger partial charge in [0.05, 0.1) is 5.56 Å². The minimum atomic E-state index is -0.0548. The van der Waals surface area contributed by atoms with Crippen LogP contribution >= 0.6 is 15.9 Å². The number of amides is 1. The summed E-state index contributed by atoms with van der Waals surface area (Å²) in [5.74, 6) is -0.0548. The Morgan fingerprint density at radius 1 is 1.14 bits per heavy atom. The van der Waals surface area contributed by atoms with Gasteiger partial charge in [-0.1, -0.05) is 18.2 Å². The summed E-state index contributed by atoms with van der Waals surface area (Å²) in [6, 6.07) is 12.0. The van der Waals surface area contributed by atoms with Crippen molar-refractivity contribution in [1.29, 1.82) is 0 Å². The van der Waals surface area contributed by atoms with E-state index in [1.165, 1.54) is 24.0 Å². The van der Waals surface area contributed by atoms with Gasteiger partial charge in [-0.3, -0.25) is 4.79 Å². The van der Waals surface area contributed by atoms with Crippen LogP contribution in [0.4, 0.5) is 5.69 Å². The van der Waals surface area contributed by atoms with Crippen molar-refractivity contribution < 1.29 is 4.79 Å². The molecule has 0 heterocycles. The molecule has 21 heavy (non-hydrogen) atoms. The normalized spacial score (nSPS) is 13.6. The molecular formula is C18H18BrNO. The second kappa shape index (κ2) is 6.02. The van der Waals surface area contributed by atoms with Gasteiger partial charge in [0.25, 0.3) is 5.91 Å². The number of carbonyl (C=O) groups is 1. The van der Waals surface area contributed by atoms with Crippen LogP contribution in [0.15, 0.2) is 40.9 Å². The fourth-order valence-corrected chi connectivity index (χ4v) is 3.57. The third kappa shape index (κ3) is 3.03. The first-order valence-electron chi connectivity index (χ1n) is 7.33. The number of rotatable bonds is 2. The molecule has 0 atom stereocenters. The molecule has 0 fully saturated rings. The Morgan fingerprint density at radius 3 is 2.76 bits per heavy atom. The number of nitrogens with one attached hydrogen (secondary N) is 1. The Balaban J connectivity index is 1.88. The maximum absolute atomic E-state index is 12.5. The van der Waals surface area contributed by atoms with E-state index in [2.05, 4.69) is 27.3 Å². The summed E-state index contributed by atoms with van der Waals surface area (Å²) < 4.78 is 0.838. The zero-order chi connectivity index (χ0) is 14.8. The lowest BCUT2D eigenvalue weighted by molar-refractivity contribution is 0.102. The molecule has 0 unspecified atom stereocenters. The van der Waals surface area contributed by atoms with Crippen molar-refractivity contribution in [2.45, 2.75) is 32.6 Å². The number of halogens is 1. The summed E-state index contributed by atoms with van der Waals surface area (Å²) in [7, 11) is 0. The minimum Gasteiger partial charge on any atom is -0.322 e. The molecule has 1 amide bonds. The highest BCUT2D eigenvalue weighted by Gasteiger charge is 2.16. The molecule has 1 aliphatic carbocycles. The zero-order valence-electron chi connectivity index (χ0n) is 12.1. The topological polar surface area (TPSA) is 29.1 Å². The van der Waals surface area contributed by atoms with Crippen LogP contribution in [0.5, 0.6) is 0 Å². The molecule has 0 radical (unpaired) electrons. The summed E-state index contributed by atoms with van der Waals surface area (Å²) in [5.41, 5.74) is 5.46. The van der Waals surface area contributed by atoms with E-state index < -0.39 is 0 Å². The van der Waals surface area contributed by atoms with Crippen molar-refractivity contribution in [3.05, 3.63) is 63.1 Å². The molecular weight excluding hydrogens is 326 g/mol. The Labute approximate surface area is 133 Å². The Morgan fingerprint density at radius 2 is 1.95 bits per heavy atom. The van der Waals surface area contributed by atoms with Crippen LogP contribution in [-0.4, -0.2) is 5.91 Å². The molecule has 0 spiro atoms. The third-order valence-electron chi connectivity index (χ3n) is 4.01. The lowest BCUT2D eigenvalue weighted by Gasteiger charge is -2.19. The van der Waals surface area contributed by atoms with E-state index >= 15 is 0 Å². The lowest BCUT2D eigenvalue weighted by atomic mass is 9.90. The van der Waals surface area contributed by atoms with Crippen molar-refractivity contribution >= 4 is 27.5 Å². The number of benzene rings is 2. The van der Waals surface area contributed by atoms with E-state index in [4.69, 9.17) is 0 Å². The summed E-state index contributed by atoms with van der Waals surface area (Å²) in [5, 5.41) is 3.08. The van der Waals surface area contributed by atoms with E-state index in [0.29, 0.717) is 5.56 Å².